The van der Waals surface area contributed by atoms with Gasteiger partial charge in [0, 0.05) is 38.3 Å². The number of halogens is 2. The molecule has 0 aliphatic carbocycles. The summed E-state index contributed by atoms with van der Waals surface area (Å²) >= 11 is 12.3. The van der Waals surface area contributed by atoms with Crippen LogP contribution in [0.5, 0.6) is 0 Å². The smallest absolute Gasteiger partial charge is 0.253 e. The van der Waals surface area contributed by atoms with Crippen LogP contribution in [0.2, 0.25) is 10.0 Å². The summed E-state index contributed by atoms with van der Waals surface area (Å²) in [4.78, 5) is 16.8. The van der Waals surface area contributed by atoms with Gasteiger partial charge in [0.05, 0.1) is 14.9 Å². The Labute approximate surface area is 175 Å². The molecule has 2 aromatic carbocycles. The molecule has 1 aliphatic rings. The summed E-state index contributed by atoms with van der Waals surface area (Å²) in [6.07, 6.45) is 0. The van der Waals surface area contributed by atoms with Gasteiger partial charge in [-0.05, 0) is 42.9 Å². The molecule has 0 bridgehead atoms. The van der Waals surface area contributed by atoms with Crippen LogP contribution in [0.4, 0.5) is 0 Å². The monoisotopic (exact) mass is 441 g/mol. The zero-order valence-electron chi connectivity index (χ0n) is 15.4. The van der Waals surface area contributed by atoms with E-state index >= 15 is 0 Å². The maximum atomic E-state index is 12.7. The number of piperazine rings is 1. The Morgan fingerprint density at radius 2 is 1.68 bits per heavy atom. The summed E-state index contributed by atoms with van der Waals surface area (Å²) in [6.45, 7) is 3.31. The van der Waals surface area contributed by atoms with Crippen molar-refractivity contribution in [2.24, 2.45) is 0 Å². The second-order valence-corrected chi connectivity index (χ2v) is 9.18. The van der Waals surface area contributed by atoms with Gasteiger partial charge in [0.25, 0.3) is 5.91 Å². The summed E-state index contributed by atoms with van der Waals surface area (Å²) in [6, 6.07) is 11.6. The predicted molar refractivity (Wildman–Crippen MR) is 110 cm³/mol. The van der Waals surface area contributed by atoms with Gasteiger partial charge in [-0.25, -0.2) is 13.1 Å². The van der Waals surface area contributed by atoms with E-state index in [9.17, 15) is 13.2 Å². The Hall–Kier alpha value is -1.64. The molecule has 1 fully saturated rings. The fraction of sp³-hybridized carbons (Fsp3) is 0.316. The lowest BCUT2D eigenvalue weighted by Gasteiger charge is -2.35. The molecule has 3 rings (SSSR count). The Bertz CT molecular complexity index is 957. The van der Waals surface area contributed by atoms with Crippen molar-refractivity contribution in [3.8, 4) is 0 Å². The maximum absolute atomic E-state index is 12.7. The summed E-state index contributed by atoms with van der Waals surface area (Å²) in [7, 11) is -2.16. The average molecular weight is 442 g/mol. The molecule has 0 radical (unpaired) electrons. The number of sulfonamides is 1. The van der Waals surface area contributed by atoms with Crippen molar-refractivity contribution >= 4 is 39.1 Å². The van der Waals surface area contributed by atoms with Gasteiger partial charge in [-0.3, -0.25) is 9.69 Å². The minimum Gasteiger partial charge on any atom is -0.336 e. The third-order valence-corrected chi connectivity index (χ3v) is 7.05. The number of hydrogen-bond donors (Lipinski definition) is 1. The van der Waals surface area contributed by atoms with E-state index in [2.05, 4.69) is 9.62 Å². The first-order valence-electron chi connectivity index (χ1n) is 8.80. The largest absolute Gasteiger partial charge is 0.336 e. The molecule has 0 saturated carbocycles. The van der Waals surface area contributed by atoms with E-state index in [0.29, 0.717) is 35.2 Å². The van der Waals surface area contributed by atoms with Crippen molar-refractivity contribution in [2.75, 3.05) is 33.2 Å². The SMILES string of the molecule is CNS(=O)(=O)c1ccc(C(=O)N2CCN(Cc3cccc(Cl)c3Cl)CC2)cc1. The van der Waals surface area contributed by atoms with Gasteiger partial charge < -0.3 is 4.90 Å². The number of benzene rings is 2. The summed E-state index contributed by atoms with van der Waals surface area (Å²) < 4.78 is 25.8. The third-order valence-electron chi connectivity index (χ3n) is 4.77. The first kappa shape index (κ1) is 21.1. The molecule has 1 amide bonds. The number of hydrogen-bond acceptors (Lipinski definition) is 4. The van der Waals surface area contributed by atoms with E-state index < -0.39 is 10.0 Å². The van der Waals surface area contributed by atoms with Crippen molar-refractivity contribution in [1.29, 1.82) is 0 Å². The van der Waals surface area contributed by atoms with Gasteiger partial charge in [-0.15, -0.1) is 0 Å². The second kappa shape index (κ2) is 8.80. The fourth-order valence-electron chi connectivity index (χ4n) is 3.10. The van der Waals surface area contributed by atoms with Gasteiger partial charge >= 0.3 is 0 Å². The minimum atomic E-state index is -3.51. The molecule has 0 spiro atoms. The van der Waals surface area contributed by atoms with Crippen molar-refractivity contribution < 1.29 is 13.2 Å². The standard InChI is InChI=1S/C19H21Cl2N3O3S/c1-22-28(26,27)16-7-5-14(6-8-16)19(25)24-11-9-23(10-12-24)13-15-3-2-4-17(20)18(15)21/h2-8,22H,9-13H2,1H3. The van der Waals surface area contributed by atoms with Crippen LogP contribution in [-0.4, -0.2) is 57.4 Å². The molecule has 1 heterocycles. The molecule has 0 unspecified atom stereocenters. The van der Waals surface area contributed by atoms with Crippen LogP contribution >= 0.6 is 23.2 Å². The lowest BCUT2D eigenvalue weighted by molar-refractivity contribution is 0.0628. The zero-order chi connectivity index (χ0) is 20.3. The Balaban J connectivity index is 1.60. The van der Waals surface area contributed by atoms with Gasteiger partial charge in [0.15, 0.2) is 0 Å². The van der Waals surface area contributed by atoms with Crippen molar-refractivity contribution in [3.63, 3.8) is 0 Å². The molecule has 1 aliphatic heterocycles. The van der Waals surface area contributed by atoms with E-state index in [1.807, 2.05) is 12.1 Å². The quantitative estimate of drug-likeness (QED) is 0.774. The topological polar surface area (TPSA) is 69.7 Å². The van der Waals surface area contributed by atoms with Crippen LogP contribution in [-0.2, 0) is 16.6 Å². The van der Waals surface area contributed by atoms with Crippen LogP contribution in [0, 0.1) is 0 Å². The van der Waals surface area contributed by atoms with Gasteiger partial charge in [0.1, 0.15) is 0 Å². The average Bonchev–Trinajstić information content (AvgIpc) is 2.71. The Morgan fingerprint density at radius 3 is 2.29 bits per heavy atom. The molecule has 28 heavy (non-hydrogen) atoms. The lowest BCUT2D eigenvalue weighted by atomic mass is 10.1. The number of rotatable bonds is 5. The highest BCUT2D eigenvalue weighted by atomic mass is 35.5. The second-order valence-electron chi connectivity index (χ2n) is 6.51. The van der Waals surface area contributed by atoms with Crippen LogP contribution in [0.1, 0.15) is 15.9 Å². The van der Waals surface area contributed by atoms with E-state index in [1.165, 1.54) is 19.2 Å². The van der Waals surface area contributed by atoms with Crippen LogP contribution < -0.4 is 4.72 Å². The summed E-state index contributed by atoms with van der Waals surface area (Å²) in [5.74, 6) is -0.103. The number of amides is 1. The fourth-order valence-corrected chi connectivity index (χ4v) is 4.21. The van der Waals surface area contributed by atoms with Crippen LogP contribution in [0.15, 0.2) is 47.4 Å². The number of nitrogens with zero attached hydrogens (tertiary/aromatic N) is 2. The third kappa shape index (κ3) is 4.67. The number of nitrogens with one attached hydrogen (secondary N) is 1. The van der Waals surface area contributed by atoms with Crippen LogP contribution in [0.25, 0.3) is 0 Å². The first-order chi connectivity index (χ1) is 13.3. The highest BCUT2D eigenvalue weighted by molar-refractivity contribution is 7.89. The van der Waals surface area contributed by atoms with E-state index in [0.717, 1.165) is 18.7 Å². The molecule has 1 saturated heterocycles. The van der Waals surface area contributed by atoms with Crippen molar-refractivity contribution in [3.05, 3.63) is 63.6 Å². The van der Waals surface area contributed by atoms with E-state index in [1.54, 1.807) is 23.1 Å². The Morgan fingerprint density at radius 1 is 1.04 bits per heavy atom. The molecule has 0 aromatic heterocycles. The van der Waals surface area contributed by atoms with Crippen LogP contribution in [0.3, 0.4) is 0 Å². The number of carbonyl (C=O) groups is 1. The molecular formula is C19H21Cl2N3O3S. The molecule has 0 atom stereocenters. The van der Waals surface area contributed by atoms with Gasteiger partial charge in [-0.1, -0.05) is 35.3 Å². The van der Waals surface area contributed by atoms with Gasteiger partial charge in [-0.2, -0.15) is 0 Å². The van der Waals surface area contributed by atoms with E-state index in [4.69, 9.17) is 23.2 Å². The molecule has 2 aromatic rings. The van der Waals surface area contributed by atoms with E-state index in [-0.39, 0.29) is 10.8 Å². The highest BCUT2D eigenvalue weighted by Crippen LogP contribution is 2.26. The minimum absolute atomic E-state index is 0.103. The van der Waals surface area contributed by atoms with Gasteiger partial charge in [0.2, 0.25) is 10.0 Å². The molecule has 9 heteroatoms. The Kier molecular flexibility index (Phi) is 6.62. The molecule has 6 nitrogen and oxygen atoms in total. The van der Waals surface area contributed by atoms with Crippen molar-refractivity contribution in [2.45, 2.75) is 11.4 Å². The molecule has 1 N–H and O–H groups in total. The zero-order valence-corrected chi connectivity index (χ0v) is 17.7. The highest BCUT2D eigenvalue weighted by Gasteiger charge is 2.23. The first-order valence-corrected chi connectivity index (χ1v) is 11.0. The summed E-state index contributed by atoms with van der Waals surface area (Å²) in [5.41, 5.74) is 1.44. The van der Waals surface area contributed by atoms with Crippen molar-refractivity contribution in [1.82, 2.24) is 14.5 Å². The predicted octanol–water partition coefficient (Wildman–Crippen LogP) is 2.86. The molecule has 150 valence electrons. The normalized spacial score (nSPS) is 15.6. The lowest BCUT2D eigenvalue weighted by Crippen LogP contribution is -2.48. The number of carbonyl (C=O) groups excluding carboxylic acids is 1. The summed E-state index contributed by atoms with van der Waals surface area (Å²) in [5, 5.41) is 1.11. The molecular weight excluding hydrogens is 421 g/mol. The maximum Gasteiger partial charge on any atom is 0.253 e.